The molecule has 1 aliphatic rings. The number of hydrogen-bond acceptors (Lipinski definition) is 4. The average molecular weight is 318 g/mol. The van der Waals surface area contributed by atoms with Crippen LogP contribution in [0.3, 0.4) is 0 Å². The van der Waals surface area contributed by atoms with Gasteiger partial charge in [-0.1, -0.05) is 33.2 Å². The third-order valence-corrected chi connectivity index (χ3v) is 3.91. The maximum Gasteiger partial charge on any atom is 0.151 e. The monoisotopic (exact) mass is 317 g/mol. The molecule has 1 aromatic rings. The molecule has 0 unspecified atom stereocenters. The van der Waals surface area contributed by atoms with Crippen LogP contribution < -0.4 is 0 Å². The van der Waals surface area contributed by atoms with Crippen LogP contribution in [0.2, 0.25) is 0 Å². The highest BCUT2D eigenvalue weighted by Gasteiger charge is 2.25. The Kier molecular flexibility index (Phi) is 3.53. The van der Waals surface area contributed by atoms with E-state index in [1.807, 2.05) is 24.3 Å². The molecule has 0 spiro atoms. The first-order valence-corrected chi connectivity index (χ1v) is 7.96. The molecule has 0 amide bonds. The molecule has 1 aromatic carbocycles. The first kappa shape index (κ1) is 12.6. The zero-order valence-corrected chi connectivity index (χ0v) is 11.7. The molecule has 1 atom stereocenters. The fourth-order valence-corrected chi connectivity index (χ4v) is 2.79. The van der Waals surface area contributed by atoms with E-state index in [-0.39, 0.29) is 11.9 Å². The summed E-state index contributed by atoms with van der Waals surface area (Å²) >= 11 is 3.36. The second kappa shape index (κ2) is 4.78. The second-order valence-electron chi connectivity index (χ2n) is 4.07. The van der Waals surface area contributed by atoms with Crippen LogP contribution in [0.15, 0.2) is 33.9 Å². The summed E-state index contributed by atoms with van der Waals surface area (Å²) in [7, 11) is -3.03. The molecule has 0 fully saturated rings. The third-order valence-electron chi connectivity index (χ3n) is 2.40. The normalized spacial score (nSPS) is 19.9. The predicted octanol–water partition coefficient (Wildman–Crippen LogP) is 1.99. The fourth-order valence-electron chi connectivity index (χ4n) is 1.67. The van der Waals surface area contributed by atoms with Gasteiger partial charge in [-0.3, -0.25) is 0 Å². The molecular formula is C11H12BrNO3S. The van der Waals surface area contributed by atoms with Gasteiger partial charge in [0.1, 0.15) is 6.10 Å². The molecule has 0 saturated carbocycles. The van der Waals surface area contributed by atoms with Crippen molar-refractivity contribution in [3.8, 4) is 0 Å². The van der Waals surface area contributed by atoms with Gasteiger partial charge < -0.3 is 4.84 Å². The molecule has 17 heavy (non-hydrogen) atoms. The van der Waals surface area contributed by atoms with E-state index in [4.69, 9.17) is 4.84 Å². The summed E-state index contributed by atoms with van der Waals surface area (Å²) in [6.45, 7) is 0. The highest BCUT2D eigenvalue weighted by Crippen LogP contribution is 2.19. The Labute approximate surface area is 109 Å². The van der Waals surface area contributed by atoms with E-state index in [0.29, 0.717) is 6.42 Å². The molecule has 0 aliphatic carbocycles. The van der Waals surface area contributed by atoms with Gasteiger partial charge >= 0.3 is 0 Å². The highest BCUT2D eigenvalue weighted by atomic mass is 79.9. The summed E-state index contributed by atoms with van der Waals surface area (Å²) in [5.41, 5.74) is 1.76. The first-order chi connectivity index (χ1) is 7.94. The minimum atomic E-state index is -3.03. The Morgan fingerprint density at radius 1 is 1.41 bits per heavy atom. The van der Waals surface area contributed by atoms with Gasteiger partial charge in [-0.15, -0.1) is 0 Å². The van der Waals surface area contributed by atoms with E-state index in [9.17, 15) is 8.42 Å². The minimum absolute atomic E-state index is 0.0104. The Morgan fingerprint density at radius 3 is 2.65 bits per heavy atom. The number of sulfone groups is 1. The number of hydrogen-bond donors (Lipinski definition) is 0. The van der Waals surface area contributed by atoms with Crippen molar-refractivity contribution in [3.05, 3.63) is 34.3 Å². The topological polar surface area (TPSA) is 55.7 Å². The summed E-state index contributed by atoms with van der Waals surface area (Å²) in [5, 5.41) is 3.94. The lowest BCUT2D eigenvalue weighted by Gasteiger charge is -2.05. The van der Waals surface area contributed by atoms with Gasteiger partial charge in [-0.25, -0.2) is 8.42 Å². The van der Waals surface area contributed by atoms with Gasteiger partial charge in [0, 0.05) is 17.1 Å². The molecule has 1 aliphatic heterocycles. The maximum atomic E-state index is 11.1. The summed E-state index contributed by atoms with van der Waals surface area (Å²) in [4.78, 5) is 5.12. The fraction of sp³-hybridized carbons (Fsp3) is 0.364. The lowest BCUT2D eigenvalue weighted by Crippen LogP contribution is -2.20. The quantitative estimate of drug-likeness (QED) is 0.856. The molecule has 0 aromatic heterocycles. The molecule has 1 heterocycles. The van der Waals surface area contributed by atoms with Crippen molar-refractivity contribution in [1.82, 2.24) is 0 Å². The first-order valence-electron chi connectivity index (χ1n) is 5.10. The Hall–Kier alpha value is -0.880. The van der Waals surface area contributed by atoms with Gasteiger partial charge in [-0.2, -0.15) is 0 Å². The predicted molar refractivity (Wildman–Crippen MR) is 69.9 cm³/mol. The van der Waals surface area contributed by atoms with Crippen LogP contribution in [0.4, 0.5) is 0 Å². The lowest BCUT2D eigenvalue weighted by atomic mass is 10.1. The van der Waals surface area contributed by atoms with E-state index >= 15 is 0 Å². The van der Waals surface area contributed by atoms with Gasteiger partial charge in [0.15, 0.2) is 9.84 Å². The summed E-state index contributed by atoms with van der Waals surface area (Å²) in [6.07, 6.45) is 1.38. The van der Waals surface area contributed by atoms with Crippen LogP contribution in [0.5, 0.6) is 0 Å². The second-order valence-corrected chi connectivity index (χ2v) is 7.17. The van der Waals surface area contributed by atoms with Crippen molar-refractivity contribution >= 4 is 31.5 Å². The van der Waals surface area contributed by atoms with E-state index in [2.05, 4.69) is 21.1 Å². The standard InChI is InChI=1S/C11H12BrNO3S/c1-17(14,15)7-10-6-11(13-16-10)8-2-4-9(12)5-3-8/h2-5,10H,6-7H2,1H3/t10-/m1/s1. The van der Waals surface area contributed by atoms with Crippen molar-refractivity contribution in [2.24, 2.45) is 5.16 Å². The molecular weight excluding hydrogens is 306 g/mol. The smallest absolute Gasteiger partial charge is 0.151 e. The van der Waals surface area contributed by atoms with Crippen molar-refractivity contribution < 1.29 is 13.3 Å². The van der Waals surface area contributed by atoms with Crippen LogP contribution in [0.25, 0.3) is 0 Å². The van der Waals surface area contributed by atoms with Crippen molar-refractivity contribution in [2.45, 2.75) is 12.5 Å². The van der Waals surface area contributed by atoms with Crippen LogP contribution in [-0.4, -0.2) is 32.2 Å². The highest BCUT2D eigenvalue weighted by molar-refractivity contribution is 9.10. The van der Waals surface area contributed by atoms with Crippen molar-refractivity contribution in [3.63, 3.8) is 0 Å². The number of rotatable bonds is 3. The molecule has 0 bridgehead atoms. The zero-order chi connectivity index (χ0) is 12.5. The Balaban J connectivity index is 2.05. The number of oxime groups is 1. The maximum absolute atomic E-state index is 11.1. The molecule has 2 rings (SSSR count). The largest absolute Gasteiger partial charge is 0.391 e. The van der Waals surface area contributed by atoms with E-state index in [0.717, 1.165) is 15.7 Å². The Bertz CT molecular complexity index is 536. The van der Waals surface area contributed by atoms with Crippen LogP contribution >= 0.6 is 15.9 Å². The Morgan fingerprint density at radius 2 is 2.06 bits per heavy atom. The van der Waals surface area contributed by atoms with E-state index < -0.39 is 9.84 Å². The number of halogens is 1. The molecule has 4 nitrogen and oxygen atoms in total. The van der Waals surface area contributed by atoms with E-state index in [1.165, 1.54) is 6.26 Å². The minimum Gasteiger partial charge on any atom is -0.391 e. The molecule has 0 saturated heterocycles. The van der Waals surface area contributed by atoms with Gasteiger partial charge in [-0.05, 0) is 17.7 Å². The third kappa shape index (κ3) is 3.54. The van der Waals surface area contributed by atoms with Crippen molar-refractivity contribution in [1.29, 1.82) is 0 Å². The molecule has 92 valence electrons. The van der Waals surface area contributed by atoms with Crippen LogP contribution in [0, 0.1) is 0 Å². The van der Waals surface area contributed by atoms with Gasteiger partial charge in [0.25, 0.3) is 0 Å². The summed E-state index contributed by atoms with van der Waals surface area (Å²) in [6, 6.07) is 7.69. The van der Waals surface area contributed by atoms with Gasteiger partial charge in [0.2, 0.25) is 0 Å². The molecule has 0 N–H and O–H groups in total. The van der Waals surface area contributed by atoms with Crippen LogP contribution in [-0.2, 0) is 14.7 Å². The SMILES string of the molecule is CS(=O)(=O)C[C@H]1CC(c2ccc(Br)cc2)=NO1. The van der Waals surface area contributed by atoms with E-state index in [1.54, 1.807) is 0 Å². The van der Waals surface area contributed by atoms with Crippen LogP contribution in [0.1, 0.15) is 12.0 Å². The lowest BCUT2D eigenvalue weighted by molar-refractivity contribution is 0.102. The summed E-state index contributed by atoms with van der Waals surface area (Å²) in [5.74, 6) is 0.0104. The molecule has 6 heteroatoms. The number of nitrogens with zero attached hydrogens (tertiary/aromatic N) is 1. The number of benzene rings is 1. The van der Waals surface area contributed by atoms with Crippen molar-refractivity contribution in [2.75, 3.05) is 12.0 Å². The van der Waals surface area contributed by atoms with Gasteiger partial charge in [0.05, 0.1) is 11.5 Å². The molecule has 0 radical (unpaired) electrons. The summed E-state index contributed by atoms with van der Waals surface area (Å²) < 4.78 is 23.3. The zero-order valence-electron chi connectivity index (χ0n) is 9.26. The average Bonchev–Trinajstić information content (AvgIpc) is 2.64.